The first-order chi connectivity index (χ1) is 9.70. The Morgan fingerprint density at radius 2 is 1.95 bits per heavy atom. The number of nitrogens with zero attached hydrogens (tertiary/aromatic N) is 1. The molecule has 0 radical (unpaired) electrons. The van der Waals surface area contributed by atoms with Gasteiger partial charge in [0.25, 0.3) is 0 Å². The SMILES string of the molecule is CSCCN1CC(C2CCCCC2)NCC1CC(C)C. The molecule has 2 fully saturated rings. The van der Waals surface area contributed by atoms with E-state index >= 15 is 0 Å². The van der Waals surface area contributed by atoms with E-state index in [0.29, 0.717) is 0 Å². The maximum Gasteiger partial charge on any atom is 0.0224 e. The lowest BCUT2D eigenvalue weighted by atomic mass is 9.82. The summed E-state index contributed by atoms with van der Waals surface area (Å²) in [5, 5.41) is 3.90. The fourth-order valence-electron chi connectivity index (χ4n) is 3.99. The second-order valence-corrected chi connectivity index (χ2v) is 8.17. The van der Waals surface area contributed by atoms with Gasteiger partial charge in [0.1, 0.15) is 0 Å². The molecule has 1 heterocycles. The van der Waals surface area contributed by atoms with Crippen LogP contribution in [0.25, 0.3) is 0 Å². The van der Waals surface area contributed by atoms with Crippen molar-refractivity contribution in [3.63, 3.8) is 0 Å². The third kappa shape index (κ3) is 4.92. The fraction of sp³-hybridized carbons (Fsp3) is 1.00. The highest BCUT2D eigenvalue weighted by atomic mass is 32.2. The van der Waals surface area contributed by atoms with Crippen LogP contribution in [0.2, 0.25) is 0 Å². The van der Waals surface area contributed by atoms with Crippen LogP contribution in [0.15, 0.2) is 0 Å². The third-order valence-electron chi connectivity index (χ3n) is 5.11. The van der Waals surface area contributed by atoms with E-state index in [9.17, 15) is 0 Å². The van der Waals surface area contributed by atoms with E-state index in [2.05, 4.69) is 30.3 Å². The Balaban J connectivity index is 1.89. The van der Waals surface area contributed by atoms with Gasteiger partial charge in [-0.3, -0.25) is 4.90 Å². The molecule has 0 bridgehead atoms. The highest BCUT2D eigenvalue weighted by Crippen LogP contribution is 2.29. The highest BCUT2D eigenvalue weighted by Gasteiger charge is 2.32. The summed E-state index contributed by atoms with van der Waals surface area (Å²) in [4.78, 5) is 2.80. The first kappa shape index (κ1) is 16.6. The molecule has 0 spiro atoms. The minimum atomic E-state index is 0.764. The van der Waals surface area contributed by atoms with E-state index in [1.165, 1.54) is 63.9 Å². The lowest BCUT2D eigenvalue weighted by molar-refractivity contribution is 0.0904. The van der Waals surface area contributed by atoms with E-state index in [-0.39, 0.29) is 0 Å². The Hall–Kier alpha value is 0.270. The molecule has 20 heavy (non-hydrogen) atoms. The minimum Gasteiger partial charge on any atom is -0.311 e. The smallest absolute Gasteiger partial charge is 0.0224 e. The van der Waals surface area contributed by atoms with Gasteiger partial charge in [0.05, 0.1) is 0 Å². The highest BCUT2D eigenvalue weighted by molar-refractivity contribution is 7.98. The molecule has 1 saturated carbocycles. The molecule has 1 saturated heterocycles. The molecule has 1 N–H and O–H groups in total. The van der Waals surface area contributed by atoms with Gasteiger partial charge >= 0.3 is 0 Å². The van der Waals surface area contributed by atoms with Gasteiger partial charge in [0.15, 0.2) is 0 Å². The van der Waals surface area contributed by atoms with Gasteiger partial charge in [-0.25, -0.2) is 0 Å². The van der Waals surface area contributed by atoms with Crippen LogP contribution in [0.4, 0.5) is 0 Å². The molecule has 2 aliphatic rings. The van der Waals surface area contributed by atoms with E-state index in [1.807, 2.05) is 11.8 Å². The average molecular weight is 299 g/mol. The van der Waals surface area contributed by atoms with Crippen LogP contribution in [-0.4, -0.2) is 48.6 Å². The summed E-state index contributed by atoms with van der Waals surface area (Å²) in [6.45, 7) is 8.51. The van der Waals surface area contributed by atoms with Gasteiger partial charge in [-0.15, -0.1) is 0 Å². The molecule has 1 aliphatic carbocycles. The summed E-state index contributed by atoms with van der Waals surface area (Å²) in [6, 6.07) is 1.53. The van der Waals surface area contributed by atoms with Gasteiger partial charge in [0.2, 0.25) is 0 Å². The zero-order chi connectivity index (χ0) is 14.4. The summed E-state index contributed by atoms with van der Waals surface area (Å²) in [6.07, 6.45) is 10.9. The van der Waals surface area contributed by atoms with Crippen molar-refractivity contribution in [2.75, 3.05) is 31.6 Å². The second-order valence-electron chi connectivity index (χ2n) is 7.18. The molecule has 2 atom stereocenters. The fourth-order valence-corrected chi connectivity index (χ4v) is 4.41. The monoisotopic (exact) mass is 298 g/mol. The molecule has 2 rings (SSSR count). The molecule has 118 valence electrons. The molecule has 2 nitrogen and oxygen atoms in total. The van der Waals surface area contributed by atoms with Gasteiger partial charge in [-0.2, -0.15) is 11.8 Å². The zero-order valence-electron chi connectivity index (χ0n) is 13.7. The molecule has 2 unspecified atom stereocenters. The summed E-state index contributed by atoms with van der Waals surface area (Å²) < 4.78 is 0. The first-order valence-electron chi connectivity index (χ1n) is 8.67. The second kappa shape index (κ2) is 8.65. The van der Waals surface area contributed by atoms with Crippen LogP contribution in [0.3, 0.4) is 0 Å². The summed E-state index contributed by atoms with van der Waals surface area (Å²) in [5.41, 5.74) is 0. The van der Waals surface area contributed by atoms with Crippen LogP contribution in [0.5, 0.6) is 0 Å². The maximum atomic E-state index is 3.90. The van der Waals surface area contributed by atoms with Gasteiger partial charge < -0.3 is 5.32 Å². The van der Waals surface area contributed by atoms with Crippen LogP contribution in [0.1, 0.15) is 52.4 Å². The largest absolute Gasteiger partial charge is 0.311 e. The topological polar surface area (TPSA) is 15.3 Å². The number of hydrogen-bond donors (Lipinski definition) is 1. The van der Waals surface area contributed by atoms with E-state index in [1.54, 1.807) is 0 Å². The number of rotatable bonds is 6. The van der Waals surface area contributed by atoms with Crippen LogP contribution in [-0.2, 0) is 0 Å². The first-order valence-corrected chi connectivity index (χ1v) is 10.1. The lowest BCUT2D eigenvalue weighted by Gasteiger charge is -2.44. The van der Waals surface area contributed by atoms with Crippen molar-refractivity contribution >= 4 is 11.8 Å². The van der Waals surface area contributed by atoms with Crippen molar-refractivity contribution < 1.29 is 0 Å². The van der Waals surface area contributed by atoms with Gasteiger partial charge in [-0.05, 0) is 37.4 Å². The van der Waals surface area contributed by atoms with Crippen molar-refractivity contribution in [2.24, 2.45) is 11.8 Å². The van der Waals surface area contributed by atoms with Crippen molar-refractivity contribution in [1.82, 2.24) is 10.2 Å². The van der Waals surface area contributed by atoms with Crippen molar-refractivity contribution in [3.05, 3.63) is 0 Å². The van der Waals surface area contributed by atoms with Crippen LogP contribution >= 0.6 is 11.8 Å². The molecular formula is C17H34N2S. The Morgan fingerprint density at radius 3 is 2.60 bits per heavy atom. The van der Waals surface area contributed by atoms with Crippen molar-refractivity contribution in [3.8, 4) is 0 Å². The Morgan fingerprint density at radius 1 is 1.20 bits per heavy atom. The lowest BCUT2D eigenvalue weighted by Crippen LogP contribution is -2.59. The van der Waals surface area contributed by atoms with Crippen molar-refractivity contribution in [1.29, 1.82) is 0 Å². The predicted molar refractivity (Wildman–Crippen MR) is 91.6 cm³/mol. The average Bonchev–Trinajstić information content (AvgIpc) is 2.46. The molecule has 1 aliphatic heterocycles. The Bertz CT molecular complexity index is 264. The Kier molecular flexibility index (Phi) is 7.20. The summed E-state index contributed by atoms with van der Waals surface area (Å²) in [7, 11) is 0. The third-order valence-corrected chi connectivity index (χ3v) is 5.70. The van der Waals surface area contributed by atoms with E-state index in [4.69, 9.17) is 0 Å². The van der Waals surface area contributed by atoms with Crippen molar-refractivity contribution in [2.45, 2.75) is 64.5 Å². The standard InChI is InChI=1S/C17H34N2S/c1-14(2)11-16-12-18-17(13-19(16)9-10-20-3)15-7-5-4-6-8-15/h14-18H,4-13H2,1-3H3. The molecule has 0 amide bonds. The van der Waals surface area contributed by atoms with Gasteiger partial charge in [0, 0.05) is 37.5 Å². The van der Waals surface area contributed by atoms with Gasteiger partial charge in [-0.1, -0.05) is 33.1 Å². The number of thioether (sulfide) groups is 1. The maximum absolute atomic E-state index is 3.90. The molecule has 0 aromatic heterocycles. The number of hydrogen-bond acceptors (Lipinski definition) is 3. The minimum absolute atomic E-state index is 0.764. The quantitative estimate of drug-likeness (QED) is 0.806. The van der Waals surface area contributed by atoms with Crippen LogP contribution in [0, 0.1) is 11.8 Å². The van der Waals surface area contributed by atoms with E-state index < -0.39 is 0 Å². The normalized spacial score (nSPS) is 30.0. The van der Waals surface area contributed by atoms with Crippen LogP contribution < -0.4 is 5.32 Å². The molecular weight excluding hydrogens is 264 g/mol. The molecule has 0 aromatic carbocycles. The number of nitrogens with one attached hydrogen (secondary N) is 1. The summed E-state index contributed by atoms with van der Waals surface area (Å²) in [5.74, 6) is 3.04. The molecule has 3 heteroatoms. The van der Waals surface area contributed by atoms with E-state index in [0.717, 1.165) is 23.9 Å². The predicted octanol–water partition coefficient (Wildman–Crippen LogP) is 3.62. The summed E-state index contributed by atoms with van der Waals surface area (Å²) >= 11 is 1.99. The Labute approximate surface area is 130 Å². The number of piperazine rings is 1. The molecule has 0 aromatic rings. The zero-order valence-corrected chi connectivity index (χ0v) is 14.6.